The zero-order valence-electron chi connectivity index (χ0n) is 9.10. The van der Waals surface area contributed by atoms with Gasteiger partial charge in [-0.2, -0.15) is 11.3 Å². The normalized spacial score (nSPS) is 12.6. The van der Waals surface area contributed by atoms with Crippen molar-refractivity contribution in [3.05, 3.63) is 52.5 Å². The van der Waals surface area contributed by atoms with Gasteiger partial charge >= 0.3 is 0 Å². The average Bonchev–Trinajstić information content (AvgIpc) is 2.86. The van der Waals surface area contributed by atoms with Gasteiger partial charge in [0.05, 0.1) is 6.04 Å². The number of hydrogen-bond acceptors (Lipinski definition) is 4. The van der Waals surface area contributed by atoms with Crippen LogP contribution in [0.2, 0.25) is 0 Å². The van der Waals surface area contributed by atoms with Gasteiger partial charge in [-0.05, 0) is 34.5 Å². The van der Waals surface area contributed by atoms with Crippen molar-refractivity contribution in [3.63, 3.8) is 0 Å². The summed E-state index contributed by atoms with van der Waals surface area (Å²) in [7, 11) is 0. The average molecular weight is 268 g/mol. The fraction of sp³-hybridized carbons (Fsp3) is 0.167. The van der Waals surface area contributed by atoms with E-state index in [9.17, 15) is 4.39 Å². The molecule has 90 valence electrons. The van der Waals surface area contributed by atoms with Gasteiger partial charge in [0, 0.05) is 10.6 Å². The standard InChI is InChI=1S/C12H13FN2S2/c13-10-3-1-2-4-12(10)17-8-11(15-14)9-5-6-16-7-9/h1-7,11,15H,8,14H2. The second-order valence-electron chi connectivity index (χ2n) is 3.52. The molecular formula is C12H13FN2S2. The van der Waals surface area contributed by atoms with E-state index in [-0.39, 0.29) is 11.9 Å². The summed E-state index contributed by atoms with van der Waals surface area (Å²) in [5, 5.41) is 4.06. The summed E-state index contributed by atoms with van der Waals surface area (Å²) in [4.78, 5) is 0.656. The van der Waals surface area contributed by atoms with Gasteiger partial charge in [0.25, 0.3) is 0 Å². The molecule has 5 heteroatoms. The minimum atomic E-state index is -0.182. The van der Waals surface area contributed by atoms with Crippen molar-refractivity contribution in [1.82, 2.24) is 5.43 Å². The summed E-state index contributed by atoms with van der Waals surface area (Å²) in [6.45, 7) is 0. The first kappa shape index (κ1) is 12.6. The maximum absolute atomic E-state index is 13.4. The number of rotatable bonds is 5. The molecule has 0 amide bonds. The van der Waals surface area contributed by atoms with Crippen molar-refractivity contribution in [2.75, 3.05) is 5.75 Å². The molecule has 1 heterocycles. The Balaban J connectivity index is 2.00. The van der Waals surface area contributed by atoms with Crippen molar-refractivity contribution in [2.45, 2.75) is 10.9 Å². The van der Waals surface area contributed by atoms with Crippen LogP contribution in [0.5, 0.6) is 0 Å². The van der Waals surface area contributed by atoms with E-state index < -0.39 is 0 Å². The molecule has 0 fully saturated rings. The van der Waals surface area contributed by atoms with Crippen LogP contribution in [0, 0.1) is 5.82 Å². The SMILES string of the molecule is NNC(CSc1ccccc1F)c1ccsc1. The predicted octanol–water partition coefficient (Wildman–Crippen LogP) is 3.18. The fourth-order valence-electron chi connectivity index (χ4n) is 1.45. The highest BCUT2D eigenvalue weighted by Crippen LogP contribution is 2.27. The monoisotopic (exact) mass is 268 g/mol. The van der Waals surface area contributed by atoms with Crippen LogP contribution in [0.15, 0.2) is 46.0 Å². The number of benzene rings is 1. The van der Waals surface area contributed by atoms with E-state index in [1.165, 1.54) is 17.8 Å². The lowest BCUT2D eigenvalue weighted by Gasteiger charge is -2.14. The largest absolute Gasteiger partial charge is 0.271 e. The molecule has 1 atom stereocenters. The quantitative estimate of drug-likeness (QED) is 0.497. The highest BCUT2D eigenvalue weighted by atomic mass is 32.2. The molecule has 0 bridgehead atoms. The van der Waals surface area contributed by atoms with Crippen molar-refractivity contribution < 1.29 is 4.39 Å². The highest BCUT2D eigenvalue weighted by Gasteiger charge is 2.11. The Hall–Kier alpha value is -0.880. The molecule has 17 heavy (non-hydrogen) atoms. The number of nitrogens with one attached hydrogen (secondary N) is 1. The number of nitrogens with two attached hydrogens (primary N) is 1. The van der Waals surface area contributed by atoms with E-state index in [0.29, 0.717) is 10.6 Å². The van der Waals surface area contributed by atoms with Gasteiger partial charge in [-0.15, -0.1) is 11.8 Å². The minimum Gasteiger partial charge on any atom is -0.271 e. The Kier molecular flexibility index (Phi) is 4.56. The van der Waals surface area contributed by atoms with Gasteiger partial charge < -0.3 is 0 Å². The molecule has 1 unspecified atom stereocenters. The number of thiophene rings is 1. The molecule has 1 aromatic carbocycles. The Morgan fingerprint density at radius 1 is 1.35 bits per heavy atom. The zero-order valence-corrected chi connectivity index (χ0v) is 10.7. The lowest BCUT2D eigenvalue weighted by molar-refractivity contribution is 0.597. The molecule has 1 aromatic heterocycles. The zero-order chi connectivity index (χ0) is 12.1. The van der Waals surface area contributed by atoms with Crippen LogP contribution in [0.4, 0.5) is 4.39 Å². The molecule has 0 aliphatic rings. The number of thioether (sulfide) groups is 1. The number of halogens is 1. The minimum absolute atomic E-state index is 0.0471. The Morgan fingerprint density at radius 3 is 2.82 bits per heavy atom. The maximum Gasteiger partial charge on any atom is 0.136 e. The van der Waals surface area contributed by atoms with Crippen LogP contribution in [-0.4, -0.2) is 5.75 Å². The molecule has 0 saturated heterocycles. The van der Waals surface area contributed by atoms with Crippen LogP contribution >= 0.6 is 23.1 Å². The lowest BCUT2D eigenvalue weighted by Crippen LogP contribution is -2.29. The first-order chi connectivity index (χ1) is 8.31. The summed E-state index contributed by atoms with van der Waals surface area (Å²) in [5.74, 6) is 6.03. The van der Waals surface area contributed by atoms with E-state index >= 15 is 0 Å². The van der Waals surface area contributed by atoms with Crippen LogP contribution in [0.3, 0.4) is 0 Å². The number of hydrazine groups is 1. The van der Waals surface area contributed by atoms with Crippen LogP contribution in [0.25, 0.3) is 0 Å². The molecule has 0 radical (unpaired) electrons. The highest BCUT2D eigenvalue weighted by molar-refractivity contribution is 7.99. The summed E-state index contributed by atoms with van der Waals surface area (Å²) in [6, 6.07) is 8.85. The molecule has 0 saturated carbocycles. The van der Waals surface area contributed by atoms with E-state index in [1.54, 1.807) is 23.5 Å². The predicted molar refractivity (Wildman–Crippen MR) is 71.5 cm³/mol. The first-order valence-corrected chi connectivity index (χ1v) is 7.09. The third-order valence-corrected chi connectivity index (χ3v) is 4.23. The van der Waals surface area contributed by atoms with Gasteiger partial charge in [-0.1, -0.05) is 12.1 Å². The maximum atomic E-state index is 13.4. The summed E-state index contributed by atoms with van der Waals surface area (Å²) >= 11 is 3.09. The van der Waals surface area contributed by atoms with Crippen molar-refractivity contribution in [3.8, 4) is 0 Å². The van der Waals surface area contributed by atoms with Gasteiger partial charge in [-0.3, -0.25) is 11.3 Å². The Labute approximate surface area is 108 Å². The van der Waals surface area contributed by atoms with E-state index in [4.69, 9.17) is 5.84 Å². The molecule has 0 spiro atoms. The second-order valence-corrected chi connectivity index (χ2v) is 5.36. The Bertz CT molecular complexity index is 459. The Morgan fingerprint density at radius 2 is 2.18 bits per heavy atom. The smallest absolute Gasteiger partial charge is 0.136 e. The summed E-state index contributed by atoms with van der Waals surface area (Å²) < 4.78 is 13.4. The lowest BCUT2D eigenvalue weighted by atomic mass is 10.2. The molecule has 2 nitrogen and oxygen atoms in total. The molecule has 0 aliphatic heterocycles. The van der Waals surface area contributed by atoms with Crippen LogP contribution in [0.1, 0.15) is 11.6 Å². The second kappa shape index (κ2) is 6.16. The van der Waals surface area contributed by atoms with Gasteiger partial charge in [-0.25, -0.2) is 4.39 Å². The summed E-state index contributed by atoms with van der Waals surface area (Å²) in [5.41, 5.74) is 3.90. The topological polar surface area (TPSA) is 38.0 Å². The molecular weight excluding hydrogens is 255 g/mol. The third-order valence-electron chi connectivity index (χ3n) is 2.39. The molecule has 2 rings (SSSR count). The molecule has 0 aliphatic carbocycles. The van der Waals surface area contributed by atoms with Crippen molar-refractivity contribution >= 4 is 23.1 Å². The van der Waals surface area contributed by atoms with E-state index in [2.05, 4.69) is 5.43 Å². The molecule has 3 N–H and O–H groups in total. The van der Waals surface area contributed by atoms with Gasteiger partial charge in [0.1, 0.15) is 5.82 Å². The third kappa shape index (κ3) is 3.29. The number of hydrogen-bond donors (Lipinski definition) is 2. The molecule has 2 aromatic rings. The van der Waals surface area contributed by atoms with Crippen LogP contribution < -0.4 is 11.3 Å². The summed E-state index contributed by atoms with van der Waals surface area (Å²) in [6.07, 6.45) is 0. The van der Waals surface area contributed by atoms with Gasteiger partial charge in [0.2, 0.25) is 0 Å². The fourth-order valence-corrected chi connectivity index (χ4v) is 3.18. The van der Waals surface area contributed by atoms with Crippen molar-refractivity contribution in [2.24, 2.45) is 5.84 Å². The van der Waals surface area contributed by atoms with E-state index in [0.717, 1.165) is 5.56 Å². The van der Waals surface area contributed by atoms with Crippen LogP contribution in [-0.2, 0) is 0 Å². The van der Waals surface area contributed by atoms with Crippen molar-refractivity contribution in [1.29, 1.82) is 0 Å². The van der Waals surface area contributed by atoms with Gasteiger partial charge in [0.15, 0.2) is 0 Å². The van der Waals surface area contributed by atoms with E-state index in [1.807, 2.05) is 22.9 Å². The first-order valence-electron chi connectivity index (χ1n) is 5.17.